The van der Waals surface area contributed by atoms with Crippen molar-refractivity contribution in [2.24, 2.45) is 5.73 Å². The zero-order valence-electron chi connectivity index (χ0n) is 6.34. The average molecular weight is 142 g/mol. The van der Waals surface area contributed by atoms with E-state index in [1.807, 2.05) is 6.92 Å². The Balaban J connectivity index is 3.71. The van der Waals surface area contributed by atoms with Crippen molar-refractivity contribution in [1.29, 1.82) is 0 Å². The lowest BCUT2D eigenvalue weighted by Gasteiger charge is -2.16. The summed E-state index contributed by atoms with van der Waals surface area (Å²) in [6, 6.07) is -0.373. The third kappa shape index (κ3) is 3.12. The Kier molecular flexibility index (Phi) is 4.37. The predicted molar refractivity (Wildman–Crippen MR) is 41.6 cm³/mol. The second kappa shape index (κ2) is 4.85. The number of rotatable bonds is 4. The molecule has 0 saturated carbocycles. The minimum Gasteiger partial charge on any atom is -0.351 e. The van der Waals surface area contributed by atoms with Gasteiger partial charge in [0.15, 0.2) is 0 Å². The van der Waals surface area contributed by atoms with Gasteiger partial charge in [-0.1, -0.05) is 13.0 Å². The van der Waals surface area contributed by atoms with Crippen LogP contribution in [0.25, 0.3) is 0 Å². The van der Waals surface area contributed by atoms with Gasteiger partial charge in [0, 0.05) is 13.1 Å². The van der Waals surface area contributed by atoms with Crippen LogP contribution in [0.15, 0.2) is 12.7 Å². The van der Waals surface area contributed by atoms with E-state index in [-0.39, 0.29) is 6.03 Å². The first kappa shape index (κ1) is 9.01. The Hall–Kier alpha value is -0.990. The van der Waals surface area contributed by atoms with Crippen LogP contribution in [0.2, 0.25) is 0 Å². The summed E-state index contributed by atoms with van der Waals surface area (Å²) in [5, 5.41) is 0. The second-order valence-electron chi connectivity index (χ2n) is 2.07. The minimum absolute atomic E-state index is 0.373. The summed E-state index contributed by atoms with van der Waals surface area (Å²) in [4.78, 5) is 12.1. The number of primary amides is 1. The average Bonchev–Trinajstić information content (AvgIpc) is 1.87. The number of carbonyl (C=O) groups is 1. The van der Waals surface area contributed by atoms with Crippen molar-refractivity contribution in [3.63, 3.8) is 0 Å². The van der Waals surface area contributed by atoms with E-state index in [1.165, 1.54) is 0 Å². The van der Waals surface area contributed by atoms with Crippen molar-refractivity contribution in [2.45, 2.75) is 13.3 Å². The minimum atomic E-state index is -0.373. The molecule has 0 aliphatic heterocycles. The van der Waals surface area contributed by atoms with Crippen molar-refractivity contribution in [3.05, 3.63) is 12.7 Å². The molecule has 0 aliphatic rings. The Bertz CT molecular complexity index is 123. The van der Waals surface area contributed by atoms with Gasteiger partial charge in [-0.2, -0.15) is 0 Å². The number of urea groups is 1. The largest absolute Gasteiger partial charge is 0.351 e. The lowest BCUT2D eigenvalue weighted by Crippen LogP contribution is -2.36. The Morgan fingerprint density at radius 3 is 2.70 bits per heavy atom. The normalized spacial score (nSPS) is 8.90. The van der Waals surface area contributed by atoms with Crippen LogP contribution in [-0.2, 0) is 0 Å². The van der Waals surface area contributed by atoms with Gasteiger partial charge in [0.25, 0.3) is 0 Å². The van der Waals surface area contributed by atoms with Crippen LogP contribution in [0.1, 0.15) is 13.3 Å². The van der Waals surface area contributed by atoms with Crippen molar-refractivity contribution in [3.8, 4) is 0 Å². The highest BCUT2D eigenvalue weighted by Gasteiger charge is 2.03. The Morgan fingerprint density at radius 1 is 1.80 bits per heavy atom. The summed E-state index contributed by atoms with van der Waals surface area (Å²) < 4.78 is 0. The van der Waals surface area contributed by atoms with Crippen LogP contribution < -0.4 is 5.73 Å². The number of hydrogen-bond acceptors (Lipinski definition) is 1. The predicted octanol–water partition coefficient (Wildman–Crippen LogP) is 0.963. The number of carbonyl (C=O) groups excluding carboxylic acids is 1. The van der Waals surface area contributed by atoms with Gasteiger partial charge in [0.1, 0.15) is 0 Å². The maximum absolute atomic E-state index is 10.6. The molecule has 0 aromatic rings. The van der Waals surface area contributed by atoms with Gasteiger partial charge in [-0.25, -0.2) is 4.79 Å². The fourth-order valence-electron chi connectivity index (χ4n) is 0.717. The van der Waals surface area contributed by atoms with Crippen molar-refractivity contribution >= 4 is 6.03 Å². The second-order valence-corrected chi connectivity index (χ2v) is 2.07. The zero-order chi connectivity index (χ0) is 7.98. The molecule has 0 atom stereocenters. The number of amides is 2. The van der Waals surface area contributed by atoms with Crippen molar-refractivity contribution < 1.29 is 4.79 Å². The first-order valence-electron chi connectivity index (χ1n) is 3.37. The smallest absolute Gasteiger partial charge is 0.315 e. The first-order chi connectivity index (χ1) is 4.72. The summed E-state index contributed by atoms with van der Waals surface area (Å²) in [6.07, 6.45) is 2.59. The molecule has 0 bridgehead atoms. The van der Waals surface area contributed by atoms with Gasteiger partial charge < -0.3 is 10.6 Å². The maximum Gasteiger partial charge on any atom is 0.315 e. The van der Waals surface area contributed by atoms with E-state index < -0.39 is 0 Å². The van der Waals surface area contributed by atoms with E-state index in [9.17, 15) is 4.79 Å². The molecule has 10 heavy (non-hydrogen) atoms. The highest BCUT2D eigenvalue weighted by atomic mass is 16.2. The molecule has 0 spiro atoms. The lowest BCUT2D eigenvalue weighted by atomic mass is 10.4. The molecule has 58 valence electrons. The third-order valence-corrected chi connectivity index (χ3v) is 1.15. The molecular formula is C7H14N2O. The maximum atomic E-state index is 10.6. The van der Waals surface area contributed by atoms with Crippen LogP contribution in [0.4, 0.5) is 4.79 Å². The van der Waals surface area contributed by atoms with Gasteiger partial charge >= 0.3 is 6.03 Å². The molecule has 3 heteroatoms. The van der Waals surface area contributed by atoms with Crippen molar-refractivity contribution in [2.75, 3.05) is 13.1 Å². The molecule has 0 aromatic carbocycles. The molecule has 0 saturated heterocycles. The van der Waals surface area contributed by atoms with Crippen LogP contribution >= 0.6 is 0 Å². The number of hydrogen-bond donors (Lipinski definition) is 1. The van der Waals surface area contributed by atoms with Crippen LogP contribution in [-0.4, -0.2) is 24.0 Å². The third-order valence-electron chi connectivity index (χ3n) is 1.15. The molecule has 0 unspecified atom stereocenters. The monoisotopic (exact) mass is 142 g/mol. The molecule has 2 amide bonds. The molecule has 3 nitrogen and oxygen atoms in total. The van der Waals surface area contributed by atoms with E-state index in [4.69, 9.17) is 5.73 Å². The summed E-state index contributed by atoms with van der Waals surface area (Å²) in [7, 11) is 0. The molecule has 0 rings (SSSR count). The molecule has 0 aliphatic carbocycles. The lowest BCUT2D eigenvalue weighted by molar-refractivity contribution is 0.213. The van der Waals surface area contributed by atoms with E-state index in [1.54, 1.807) is 11.0 Å². The Morgan fingerprint density at radius 2 is 2.40 bits per heavy atom. The van der Waals surface area contributed by atoms with Crippen LogP contribution in [0.5, 0.6) is 0 Å². The van der Waals surface area contributed by atoms with E-state index in [0.717, 1.165) is 6.42 Å². The van der Waals surface area contributed by atoms with Gasteiger partial charge in [-0.3, -0.25) is 0 Å². The molecule has 0 radical (unpaired) electrons. The number of nitrogens with two attached hydrogens (primary N) is 1. The highest BCUT2D eigenvalue weighted by molar-refractivity contribution is 5.72. The Labute approximate surface area is 61.5 Å². The fourth-order valence-corrected chi connectivity index (χ4v) is 0.717. The quantitative estimate of drug-likeness (QED) is 0.584. The topological polar surface area (TPSA) is 46.3 Å². The summed E-state index contributed by atoms with van der Waals surface area (Å²) in [6.45, 7) is 6.77. The van der Waals surface area contributed by atoms with Gasteiger partial charge in [0.05, 0.1) is 0 Å². The molecule has 0 fully saturated rings. The van der Waals surface area contributed by atoms with Gasteiger partial charge in [-0.15, -0.1) is 6.58 Å². The van der Waals surface area contributed by atoms with E-state index >= 15 is 0 Å². The standard InChI is InChI=1S/C7H14N2O/c1-3-5-9(6-4-2)7(8)10/h3H,1,4-6H2,2H3,(H2,8,10). The molecule has 0 heterocycles. The fraction of sp³-hybridized carbons (Fsp3) is 0.571. The molecular weight excluding hydrogens is 128 g/mol. The first-order valence-corrected chi connectivity index (χ1v) is 3.37. The SMILES string of the molecule is C=CCN(CCC)C(N)=O. The van der Waals surface area contributed by atoms with E-state index in [2.05, 4.69) is 6.58 Å². The summed E-state index contributed by atoms with van der Waals surface area (Å²) >= 11 is 0. The van der Waals surface area contributed by atoms with Crippen LogP contribution in [0, 0.1) is 0 Å². The molecule has 0 aromatic heterocycles. The number of nitrogens with zero attached hydrogens (tertiary/aromatic N) is 1. The highest BCUT2D eigenvalue weighted by Crippen LogP contribution is 1.89. The zero-order valence-corrected chi connectivity index (χ0v) is 6.34. The summed E-state index contributed by atoms with van der Waals surface area (Å²) in [5.41, 5.74) is 5.05. The van der Waals surface area contributed by atoms with Crippen LogP contribution in [0.3, 0.4) is 0 Å². The summed E-state index contributed by atoms with van der Waals surface area (Å²) in [5.74, 6) is 0. The molecule has 2 N–H and O–H groups in total. The van der Waals surface area contributed by atoms with E-state index in [0.29, 0.717) is 13.1 Å². The van der Waals surface area contributed by atoms with Gasteiger partial charge in [0.2, 0.25) is 0 Å². The van der Waals surface area contributed by atoms with Crippen molar-refractivity contribution in [1.82, 2.24) is 4.90 Å². The van der Waals surface area contributed by atoms with Gasteiger partial charge in [-0.05, 0) is 6.42 Å².